The molecule has 0 heterocycles. The Morgan fingerprint density at radius 2 is 1.56 bits per heavy atom. The van der Waals surface area contributed by atoms with Crippen molar-refractivity contribution in [2.45, 2.75) is 38.5 Å². The van der Waals surface area contributed by atoms with Crippen LogP contribution in [0.1, 0.15) is 55.2 Å². The number of ether oxygens (including phenoxy) is 1. The molecule has 0 saturated heterocycles. The third-order valence-corrected chi connectivity index (χ3v) is 5.01. The molecule has 3 rings (SSSR count). The van der Waals surface area contributed by atoms with Crippen LogP contribution in [-0.4, -0.2) is 7.11 Å². The van der Waals surface area contributed by atoms with Crippen molar-refractivity contribution in [2.24, 2.45) is 5.92 Å². The predicted octanol–water partition coefficient (Wildman–Crippen LogP) is 5.67. The smallest absolute Gasteiger partial charge is 0.201 e. The Labute approximate surface area is 148 Å². The Hall–Kier alpha value is -2.34. The van der Waals surface area contributed by atoms with E-state index in [1.165, 1.54) is 50.5 Å². The van der Waals surface area contributed by atoms with E-state index >= 15 is 0 Å². The number of methoxy groups -OCH3 is 1. The monoisotopic (exact) mass is 340 g/mol. The first kappa shape index (κ1) is 17.5. The molecular formula is C22H22F2O. The van der Waals surface area contributed by atoms with Gasteiger partial charge in [-0.1, -0.05) is 43.7 Å². The fourth-order valence-corrected chi connectivity index (χ4v) is 3.36. The zero-order valence-electron chi connectivity index (χ0n) is 14.6. The average molecular weight is 340 g/mol. The molecule has 0 atom stereocenters. The summed E-state index contributed by atoms with van der Waals surface area (Å²) in [5, 5.41) is 0. The standard InChI is InChI=1S/C22H22F2O/c1-15-3-8-17(9-4-15)18-10-5-16(6-11-18)7-12-19-13-14-20(25-2)22(24)21(19)23/h5-6,10-11,13-15,17H,3-4,8-9H2,1-2H3. The highest BCUT2D eigenvalue weighted by Gasteiger charge is 2.19. The SMILES string of the molecule is COc1ccc(C#Cc2ccc(C3CCC(C)CC3)cc2)c(F)c1F. The van der Waals surface area contributed by atoms with E-state index in [2.05, 4.69) is 30.9 Å². The lowest BCUT2D eigenvalue weighted by molar-refractivity contribution is 0.348. The van der Waals surface area contributed by atoms with Gasteiger partial charge in [0.25, 0.3) is 0 Å². The molecule has 0 spiro atoms. The first-order valence-electron chi connectivity index (χ1n) is 8.72. The van der Waals surface area contributed by atoms with Gasteiger partial charge in [0.15, 0.2) is 11.6 Å². The van der Waals surface area contributed by atoms with Gasteiger partial charge in [-0.05, 0) is 54.5 Å². The third kappa shape index (κ3) is 4.02. The number of benzene rings is 2. The van der Waals surface area contributed by atoms with Gasteiger partial charge in [-0.3, -0.25) is 0 Å². The maximum atomic E-state index is 13.9. The molecule has 2 aromatic carbocycles. The average Bonchev–Trinajstić information content (AvgIpc) is 2.64. The highest BCUT2D eigenvalue weighted by atomic mass is 19.2. The minimum Gasteiger partial charge on any atom is -0.494 e. The number of hydrogen-bond donors (Lipinski definition) is 0. The van der Waals surface area contributed by atoms with E-state index in [0.29, 0.717) is 5.92 Å². The largest absolute Gasteiger partial charge is 0.494 e. The van der Waals surface area contributed by atoms with Crippen LogP contribution in [0.5, 0.6) is 5.75 Å². The zero-order valence-corrected chi connectivity index (χ0v) is 14.6. The van der Waals surface area contributed by atoms with E-state index in [4.69, 9.17) is 4.74 Å². The fraction of sp³-hybridized carbons (Fsp3) is 0.364. The first-order valence-corrected chi connectivity index (χ1v) is 8.72. The van der Waals surface area contributed by atoms with Gasteiger partial charge in [0.05, 0.1) is 12.7 Å². The topological polar surface area (TPSA) is 9.23 Å². The van der Waals surface area contributed by atoms with Crippen LogP contribution in [0.4, 0.5) is 8.78 Å². The number of halogens is 2. The van der Waals surface area contributed by atoms with Crippen LogP contribution in [-0.2, 0) is 0 Å². The van der Waals surface area contributed by atoms with Gasteiger partial charge in [-0.2, -0.15) is 4.39 Å². The van der Waals surface area contributed by atoms with Crippen LogP contribution in [0, 0.1) is 29.4 Å². The van der Waals surface area contributed by atoms with Crippen LogP contribution >= 0.6 is 0 Å². The van der Waals surface area contributed by atoms with Crippen molar-refractivity contribution in [1.29, 1.82) is 0 Å². The molecule has 0 bridgehead atoms. The second-order valence-electron chi connectivity index (χ2n) is 6.77. The third-order valence-electron chi connectivity index (χ3n) is 5.01. The van der Waals surface area contributed by atoms with Gasteiger partial charge in [0.2, 0.25) is 5.82 Å². The maximum absolute atomic E-state index is 13.9. The van der Waals surface area contributed by atoms with Gasteiger partial charge in [0, 0.05) is 5.56 Å². The van der Waals surface area contributed by atoms with Gasteiger partial charge in [0.1, 0.15) is 0 Å². The summed E-state index contributed by atoms with van der Waals surface area (Å²) < 4.78 is 32.4. The van der Waals surface area contributed by atoms with Crippen molar-refractivity contribution < 1.29 is 13.5 Å². The molecule has 0 aromatic heterocycles. The van der Waals surface area contributed by atoms with Crippen LogP contribution in [0.2, 0.25) is 0 Å². The highest BCUT2D eigenvalue weighted by Crippen LogP contribution is 2.35. The van der Waals surface area contributed by atoms with Gasteiger partial charge < -0.3 is 4.74 Å². The summed E-state index contributed by atoms with van der Waals surface area (Å²) in [6.45, 7) is 2.32. The van der Waals surface area contributed by atoms with Crippen molar-refractivity contribution in [3.8, 4) is 17.6 Å². The van der Waals surface area contributed by atoms with Crippen molar-refractivity contribution in [3.63, 3.8) is 0 Å². The Balaban J connectivity index is 1.75. The summed E-state index contributed by atoms with van der Waals surface area (Å²) >= 11 is 0. The second kappa shape index (κ2) is 7.70. The van der Waals surface area contributed by atoms with E-state index in [0.717, 1.165) is 11.5 Å². The molecule has 25 heavy (non-hydrogen) atoms. The molecule has 0 radical (unpaired) electrons. The minimum absolute atomic E-state index is 0.0312. The molecule has 0 unspecified atom stereocenters. The molecule has 0 N–H and O–H groups in total. The number of rotatable bonds is 2. The quantitative estimate of drug-likeness (QED) is 0.640. The molecule has 0 amide bonds. The van der Waals surface area contributed by atoms with Crippen LogP contribution in [0.25, 0.3) is 0 Å². The van der Waals surface area contributed by atoms with Crippen molar-refractivity contribution >= 4 is 0 Å². The summed E-state index contributed by atoms with van der Waals surface area (Å²) in [5.74, 6) is 4.98. The second-order valence-corrected chi connectivity index (χ2v) is 6.77. The zero-order chi connectivity index (χ0) is 17.8. The van der Waals surface area contributed by atoms with E-state index in [1.54, 1.807) is 0 Å². The Bertz CT molecular complexity index is 791. The van der Waals surface area contributed by atoms with Crippen molar-refractivity contribution in [2.75, 3.05) is 7.11 Å². The fourth-order valence-electron chi connectivity index (χ4n) is 3.36. The molecule has 1 fully saturated rings. The lowest BCUT2D eigenvalue weighted by Crippen LogP contribution is -2.10. The number of hydrogen-bond acceptors (Lipinski definition) is 1. The van der Waals surface area contributed by atoms with Crippen molar-refractivity contribution in [3.05, 3.63) is 64.7 Å². The molecule has 1 saturated carbocycles. The summed E-state index contributed by atoms with van der Waals surface area (Å²) in [7, 11) is 1.30. The normalized spacial score (nSPS) is 19.8. The summed E-state index contributed by atoms with van der Waals surface area (Å²) in [4.78, 5) is 0. The molecule has 1 aliphatic rings. The van der Waals surface area contributed by atoms with E-state index in [-0.39, 0.29) is 11.3 Å². The Morgan fingerprint density at radius 1 is 0.880 bits per heavy atom. The molecule has 0 aliphatic heterocycles. The van der Waals surface area contributed by atoms with Gasteiger partial charge in [-0.25, -0.2) is 4.39 Å². The van der Waals surface area contributed by atoms with Crippen LogP contribution < -0.4 is 4.74 Å². The molecule has 1 nitrogen and oxygen atoms in total. The first-order chi connectivity index (χ1) is 12.1. The molecule has 1 aliphatic carbocycles. The van der Waals surface area contributed by atoms with Crippen molar-refractivity contribution in [1.82, 2.24) is 0 Å². The Kier molecular flexibility index (Phi) is 5.38. The Morgan fingerprint density at radius 3 is 2.20 bits per heavy atom. The van der Waals surface area contributed by atoms with Gasteiger partial charge >= 0.3 is 0 Å². The molecule has 3 heteroatoms. The molecular weight excluding hydrogens is 318 g/mol. The summed E-state index contributed by atoms with van der Waals surface area (Å²) in [6, 6.07) is 10.9. The molecule has 130 valence electrons. The maximum Gasteiger partial charge on any atom is 0.201 e. The van der Waals surface area contributed by atoms with Gasteiger partial charge in [-0.15, -0.1) is 0 Å². The summed E-state index contributed by atoms with van der Waals surface area (Å²) in [6.07, 6.45) is 5.05. The minimum atomic E-state index is -1.00. The molecule has 2 aromatic rings. The van der Waals surface area contributed by atoms with E-state index in [9.17, 15) is 8.78 Å². The van der Waals surface area contributed by atoms with E-state index in [1.807, 2.05) is 12.1 Å². The lowest BCUT2D eigenvalue weighted by Gasteiger charge is -2.26. The predicted molar refractivity (Wildman–Crippen MR) is 95.7 cm³/mol. The highest BCUT2D eigenvalue weighted by molar-refractivity contribution is 5.46. The van der Waals surface area contributed by atoms with Crippen LogP contribution in [0.3, 0.4) is 0 Å². The van der Waals surface area contributed by atoms with E-state index < -0.39 is 11.6 Å². The van der Waals surface area contributed by atoms with Crippen LogP contribution in [0.15, 0.2) is 36.4 Å². The summed E-state index contributed by atoms with van der Waals surface area (Å²) in [5.41, 5.74) is 2.17. The lowest BCUT2D eigenvalue weighted by atomic mass is 9.79.